The number of nitrogens with zero attached hydrogens (tertiary/aromatic N) is 1. The van der Waals surface area contributed by atoms with Gasteiger partial charge in [0.1, 0.15) is 5.54 Å². The van der Waals surface area contributed by atoms with Crippen molar-refractivity contribution in [1.29, 1.82) is 0 Å². The molecule has 1 N–H and O–H groups in total. The highest BCUT2D eigenvalue weighted by molar-refractivity contribution is 7.98. The second-order valence-electron chi connectivity index (χ2n) is 7.94. The Kier molecular flexibility index (Phi) is 6.20. The predicted octanol–water partition coefficient (Wildman–Crippen LogP) is 3.00. The fourth-order valence-corrected chi connectivity index (χ4v) is 3.35. The molecule has 25 heavy (non-hydrogen) atoms. The molecule has 1 atom stereocenters. The Morgan fingerprint density at radius 3 is 2.36 bits per heavy atom. The number of rotatable bonds is 6. The Labute approximate surface area is 155 Å². The van der Waals surface area contributed by atoms with Crippen LogP contribution in [0.15, 0.2) is 24.3 Å². The lowest BCUT2D eigenvalue weighted by Crippen LogP contribution is -2.67. The first-order chi connectivity index (χ1) is 11.7. The molecule has 0 aliphatic carbocycles. The number of carbonyl (C=O) groups excluding carboxylic acids is 2. The highest BCUT2D eigenvalue weighted by Gasteiger charge is 2.48. The third-order valence-electron chi connectivity index (χ3n) is 4.98. The second-order valence-corrected chi connectivity index (χ2v) is 8.93. The van der Waals surface area contributed by atoms with Crippen molar-refractivity contribution in [2.24, 2.45) is 0 Å². The molecule has 1 aromatic rings. The van der Waals surface area contributed by atoms with Crippen LogP contribution in [0.2, 0.25) is 0 Å². The van der Waals surface area contributed by atoms with Crippen molar-refractivity contribution in [1.82, 2.24) is 10.2 Å². The molecule has 2 amide bonds. The van der Waals surface area contributed by atoms with E-state index in [2.05, 4.69) is 38.2 Å². The van der Waals surface area contributed by atoms with Crippen LogP contribution < -0.4 is 5.32 Å². The van der Waals surface area contributed by atoms with Gasteiger partial charge in [-0.1, -0.05) is 45.0 Å². The van der Waals surface area contributed by atoms with E-state index in [9.17, 15) is 9.59 Å². The van der Waals surface area contributed by atoms with Crippen LogP contribution in [0.4, 0.5) is 0 Å². The van der Waals surface area contributed by atoms with Crippen LogP contribution in [-0.2, 0) is 21.4 Å². The lowest BCUT2D eigenvalue weighted by Gasteiger charge is -2.49. The standard InChI is InChI=1S/C20H30N2O2S/c1-19(2,3)16-8-6-15(7-9-16)14-17(23)22-12-10-20(22,4)18(24)21-11-13-25-5/h6-9H,10-14H2,1-5H3,(H,21,24). The lowest BCUT2D eigenvalue weighted by molar-refractivity contribution is -0.156. The summed E-state index contributed by atoms with van der Waals surface area (Å²) in [6.45, 7) is 9.69. The molecule has 0 saturated carbocycles. The first kappa shape index (κ1) is 19.8. The zero-order valence-corrected chi connectivity index (χ0v) is 16.8. The van der Waals surface area contributed by atoms with Gasteiger partial charge in [0.05, 0.1) is 6.42 Å². The van der Waals surface area contributed by atoms with Gasteiger partial charge >= 0.3 is 0 Å². The van der Waals surface area contributed by atoms with Crippen molar-refractivity contribution in [3.63, 3.8) is 0 Å². The molecular formula is C20H30N2O2S. The zero-order valence-electron chi connectivity index (χ0n) is 16.0. The average molecular weight is 363 g/mol. The van der Waals surface area contributed by atoms with Crippen molar-refractivity contribution in [2.75, 3.05) is 25.1 Å². The van der Waals surface area contributed by atoms with E-state index in [1.54, 1.807) is 16.7 Å². The molecule has 2 rings (SSSR count). The summed E-state index contributed by atoms with van der Waals surface area (Å²) in [5, 5.41) is 2.95. The minimum Gasteiger partial charge on any atom is -0.353 e. The van der Waals surface area contributed by atoms with Crippen molar-refractivity contribution >= 4 is 23.6 Å². The molecular weight excluding hydrogens is 332 g/mol. The van der Waals surface area contributed by atoms with Crippen molar-refractivity contribution in [3.05, 3.63) is 35.4 Å². The third kappa shape index (κ3) is 4.57. The summed E-state index contributed by atoms with van der Waals surface area (Å²) < 4.78 is 0. The average Bonchev–Trinajstić information content (AvgIpc) is 2.52. The van der Waals surface area contributed by atoms with Gasteiger partial charge in [0.2, 0.25) is 11.8 Å². The first-order valence-corrected chi connectivity index (χ1v) is 10.2. The zero-order chi connectivity index (χ0) is 18.7. The minimum absolute atomic E-state index is 0.0253. The monoisotopic (exact) mass is 362 g/mol. The fourth-order valence-electron chi connectivity index (χ4n) is 3.04. The van der Waals surface area contributed by atoms with Crippen LogP contribution in [0.3, 0.4) is 0 Å². The highest BCUT2D eigenvalue weighted by atomic mass is 32.2. The van der Waals surface area contributed by atoms with E-state index in [-0.39, 0.29) is 17.2 Å². The molecule has 4 nitrogen and oxygen atoms in total. The molecule has 0 radical (unpaired) electrons. The van der Waals surface area contributed by atoms with E-state index in [0.717, 1.165) is 17.7 Å². The number of hydrogen-bond acceptors (Lipinski definition) is 3. The molecule has 1 aliphatic heterocycles. The molecule has 138 valence electrons. The van der Waals surface area contributed by atoms with E-state index < -0.39 is 5.54 Å². The molecule has 0 spiro atoms. The van der Waals surface area contributed by atoms with Crippen molar-refractivity contribution in [2.45, 2.75) is 51.5 Å². The van der Waals surface area contributed by atoms with Gasteiger partial charge in [0.15, 0.2) is 0 Å². The second kappa shape index (κ2) is 7.81. The number of nitrogens with one attached hydrogen (secondary N) is 1. The van der Waals surface area contributed by atoms with Crippen molar-refractivity contribution in [3.8, 4) is 0 Å². The van der Waals surface area contributed by atoms with Crippen LogP contribution in [-0.4, -0.2) is 47.4 Å². The number of amides is 2. The normalized spacial score (nSPS) is 20.1. The van der Waals surface area contributed by atoms with Gasteiger partial charge in [-0.15, -0.1) is 0 Å². The summed E-state index contributed by atoms with van der Waals surface area (Å²) in [7, 11) is 0. The summed E-state index contributed by atoms with van der Waals surface area (Å²) >= 11 is 1.70. The van der Waals surface area contributed by atoms with E-state index in [0.29, 0.717) is 19.5 Å². The summed E-state index contributed by atoms with van der Waals surface area (Å²) in [4.78, 5) is 26.8. The van der Waals surface area contributed by atoms with Crippen molar-refractivity contribution < 1.29 is 9.59 Å². The lowest BCUT2D eigenvalue weighted by atomic mass is 9.84. The SMILES string of the molecule is CSCCNC(=O)C1(C)CCN1C(=O)Cc1ccc(C(C)(C)C)cc1. The summed E-state index contributed by atoms with van der Waals surface area (Å²) in [6.07, 6.45) is 3.09. The molecule has 1 fully saturated rings. The predicted molar refractivity (Wildman–Crippen MR) is 105 cm³/mol. The quantitative estimate of drug-likeness (QED) is 0.792. The van der Waals surface area contributed by atoms with Gasteiger partial charge in [0, 0.05) is 18.8 Å². The van der Waals surface area contributed by atoms with Crippen LogP contribution in [0, 0.1) is 0 Å². The molecule has 0 aromatic heterocycles. The number of thioether (sulfide) groups is 1. The maximum atomic E-state index is 12.7. The number of likely N-dealkylation sites (tertiary alicyclic amines) is 1. The van der Waals surface area contributed by atoms with Gasteiger partial charge in [-0.2, -0.15) is 11.8 Å². The number of carbonyl (C=O) groups is 2. The van der Waals surface area contributed by atoms with E-state index >= 15 is 0 Å². The van der Waals surface area contributed by atoms with Crippen LogP contribution in [0.1, 0.15) is 45.2 Å². The van der Waals surface area contributed by atoms with E-state index in [1.165, 1.54) is 5.56 Å². The first-order valence-electron chi connectivity index (χ1n) is 8.85. The Morgan fingerprint density at radius 1 is 1.24 bits per heavy atom. The van der Waals surface area contributed by atoms with E-state index in [4.69, 9.17) is 0 Å². The highest BCUT2D eigenvalue weighted by Crippen LogP contribution is 2.31. The maximum Gasteiger partial charge on any atom is 0.245 e. The fraction of sp³-hybridized carbons (Fsp3) is 0.600. The molecule has 1 aliphatic rings. The molecule has 1 aromatic carbocycles. The summed E-state index contributed by atoms with van der Waals surface area (Å²) in [6, 6.07) is 8.22. The Balaban J connectivity index is 1.97. The number of hydrogen-bond donors (Lipinski definition) is 1. The Morgan fingerprint density at radius 2 is 1.88 bits per heavy atom. The van der Waals surface area contributed by atoms with E-state index in [1.807, 2.05) is 25.3 Å². The molecule has 1 heterocycles. The number of benzene rings is 1. The van der Waals surface area contributed by atoms with Gasteiger partial charge in [-0.3, -0.25) is 9.59 Å². The van der Waals surface area contributed by atoms with Crippen LogP contribution in [0.25, 0.3) is 0 Å². The Bertz CT molecular complexity index is 622. The molecule has 5 heteroatoms. The van der Waals surface area contributed by atoms with Gasteiger partial charge in [0.25, 0.3) is 0 Å². The molecule has 0 bridgehead atoms. The van der Waals surface area contributed by atoms with Gasteiger partial charge in [-0.05, 0) is 36.1 Å². The maximum absolute atomic E-state index is 12.7. The Hall–Kier alpha value is -1.49. The molecule has 1 unspecified atom stereocenters. The molecule has 1 saturated heterocycles. The summed E-state index contributed by atoms with van der Waals surface area (Å²) in [5.41, 5.74) is 1.66. The van der Waals surface area contributed by atoms with Crippen LogP contribution in [0.5, 0.6) is 0 Å². The third-order valence-corrected chi connectivity index (χ3v) is 5.59. The largest absolute Gasteiger partial charge is 0.353 e. The summed E-state index contributed by atoms with van der Waals surface area (Å²) in [5.74, 6) is 0.872. The minimum atomic E-state index is -0.694. The topological polar surface area (TPSA) is 49.4 Å². The van der Waals surface area contributed by atoms with Crippen LogP contribution >= 0.6 is 11.8 Å². The van der Waals surface area contributed by atoms with Gasteiger partial charge < -0.3 is 10.2 Å². The smallest absolute Gasteiger partial charge is 0.245 e. The van der Waals surface area contributed by atoms with Gasteiger partial charge in [-0.25, -0.2) is 0 Å².